The van der Waals surface area contributed by atoms with Crippen LogP contribution in [-0.4, -0.2) is 17.6 Å². The Morgan fingerprint density at radius 2 is 2.25 bits per heavy atom. The Labute approximate surface area is 130 Å². The molecule has 3 rings (SSSR count). The SMILES string of the molecule is CC(C)NCC1(Cc2cncc(Br)c2)CC2CCC1C2. The number of pyridine rings is 1. The summed E-state index contributed by atoms with van der Waals surface area (Å²) < 4.78 is 1.10. The number of fused-ring (bicyclic) bond motifs is 2. The van der Waals surface area contributed by atoms with Crippen LogP contribution in [0, 0.1) is 17.3 Å². The molecule has 110 valence electrons. The summed E-state index contributed by atoms with van der Waals surface area (Å²) in [7, 11) is 0. The van der Waals surface area contributed by atoms with Gasteiger partial charge in [0.15, 0.2) is 0 Å². The van der Waals surface area contributed by atoms with Crippen LogP contribution in [0.15, 0.2) is 22.9 Å². The number of aromatic nitrogens is 1. The monoisotopic (exact) mass is 336 g/mol. The van der Waals surface area contributed by atoms with Gasteiger partial charge in [-0.15, -0.1) is 0 Å². The first-order valence-corrected chi connectivity index (χ1v) is 8.69. The van der Waals surface area contributed by atoms with Gasteiger partial charge in [-0.05, 0) is 70.5 Å². The summed E-state index contributed by atoms with van der Waals surface area (Å²) in [6.45, 7) is 5.67. The molecule has 1 aromatic heterocycles. The summed E-state index contributed by atoms with van der Waals surface area (Å²) in [6, 6.07) is 2.82. The molecule has 2 aliphatic carbocycles. The molecule has 1 aromatic rings. The van der Waals surface area contributed by atoms with Crippen LogP contribution in [0.2, 0.25) is 0 Å². The first kappa shape index (κ1) is 14.5. The molecule has 3 atom stereocenters. The lowest BCUT2D eigenvalue weighted by molar-refractivity contribution is 0.152. The molecule has 1 N–H and O–H groups in total. The van der Waals surface area contributed by atoms with Gasteiger partial charge >= 0.3 is 0 Å². The fraction of sp³-hybridized carbons (Fsp3) is 0.706. The van der Waals surface area contributed by atoms with E-state index in [1.807, 2.05) is 12.4 Å². The fourth-order valence-electron chi connectivity index (χ4n) is 4.42. The van der Waals surface area contributed by atoms with E-state index in [2.05, 4.69) is 46.1 Å². The maximum atomic E-state index is 4.35. The number of hydrogen-bond acceptors (Lipinski definition) is 2. The van der Waals surface area contributed by atoms with Crippen LogP contribution in [0.3, 0.4) is 0 Å². The van der Waals surface area contributed by atoms with Crippen molar-refractivity contribution in [3.63, 3.8) is 0 Å². The molecule has 3 heteroatoms. The molecule has 0 spiro atoms. The lowest BCUT2D eigenvalue weighted by Crippen LogP contribution is -2.42. The molecule has 2 nitrogen and oxygen atoms in total. The zero-order valence-corrected chi connectivity index (χ0v) is 14.1. The second kappa shape index (κ2) is 5.76. The summed E-state index contributed by atoms with van der Waals surface area (Å²) in [4.78, 5) is 4.35. The second-order valence-corrected chi connectivity index (χ2v) is 8.08. The van der Waals surface area contributed by atoms with Crippen molar-refractivity contribution in [1.29, 1.82) is 0 Å². The first-order chi connectivity index (χ1) is 9.57. The number of halogens is 1. The largest absolute Gasteiger partial charge is 0.314 e. The third-order valence-electron chi connectivity index (χ3n) is 5.28. The van der Waals surface area contributed by atoms with Gasteiger partial charge in [0.25, 0.3) is 0 Å². The molecule has 2 fully saturated rings. The van der Waals surface area contributed by atoms with E-state index in [1.54, 1.807) is 0 Å². The van der Waals surface area contributed by atoms with Crippen molar-refractivity contribution in [2.75, 3.05) is 6.54 Å². The molecular formula is C17H25BrN2. The standard InChI is InChI=1S/C17H25BrN2/c1-12(2)20-11-17(7-13-3-4-15(17)5-13)8-14-6-16(18)10-19-9-14/h6,9-10,12-13,15,20H,3-5,7-8,11H2,1-2H3. The zero-order chi connectivity index (χ0) is 14.2. The van der Waals surface area contributed by atoms with Gasteiger partial charge < -0.3 is 5.32 Å². The Hall–Kier alpha value is -0.410. The van der Waals surface area contributed by atoms with Crippen molar-refractivity contribution in [1.82, 2.24) is 10.3 Å². The summed E-state index contributed by atoms with van der Waals surface area (Å²) >= 11 is 3.55. The minimum atomic E-state index is 0.468. The van der Waals surface area contributed by atoms with E-state index in [9.17, 15) is 0 Å². The summed E-state index contributed by atoms with van der Waals surface area (Å²) in [6.07, 6.45) is 10.9. The van der Waals surface area contributed by atoms with Crippen molar-refractivity contribution in [3.05, 3.63) is 28.5 Å². The Morgan fingerprint density at radius 1 is 1.40 bits per heavy atom. The highest BCUT2D eigenvalue weighted by molar-refractivity contribution is 9.10. The van der Waals surface area contributed by atoms with Crippen LogP contribution < -0.4 is 5.32 Å². The molecule has 2 aliphatic rings. The number of rotatable bonds is 5. The highest BCUT2D eigenvalue weighted by atomic mass is 79.9. The average molecular weight is 337 g/mol. The molecule has 0 amide bonds. The fourth-order valence-corrected chi connectivity index (χ4v) is 4.83. The van der Waals surface area contributed by atoms with Crippen LogP contribution in [-0.2, 0) is 6.42 Å². The van der Waals surface area contributed by atoms with Gasteiger partial charge in [-0.3, -0.25) is 4.98 Å². The normalized spacial score (nSPS) is 32.2. The molecule has 1 heterocycles. The smallest absolute Gasteiger partial charge is 0.0410 e. The average Bonchev–Trinajstić information content (AvgIpc) is 2.97. The number of hydrogen-bond donors (Lipinski definition) is 1. The van der Waals surface area contributed by atoms with E-state index >= 15 is 0 Å². The van der Waals surface area contributed by atoms with E-state index < -0.39 is 0 Å². The highest BCUT2D eigenvalue weighted by Gasteiger charge is 2.50. The van der Waals surface area contributed by atoms with Crippen LogP contribution in [0.5, 0.6) is 0 Å². The number of nitrogens with one attached hydrogen (secondary N) is 1. The molecule has 2 saturated carbocycles. The summed E-state index contributed by atoms with van der Waals surface area (Å²) in [5.41, 5.74) is 1.85. The minimum absolute atomic E-state index is 0.468. The Morgan fingerprint density at radius 3 is 2.85 bits per heavy atom. The van der Waals surface area contributed by atoms with Gasteiger partial charge in [0.05, 0.1) is 0 Å². The summed E-state index contributed by atoms with van der Waals surface area (Å²) in [5.74, 6) is 1.90. The van der Waals surface area contributed by atoms with Crippen molar-refractivity contribution >= 4 is 15.9 Å². The maximum absolute atomic E-state index is 4.35. The van der Waals surface area contributed by atoms with E-state index in [0.29, 0.717) is 11.5 Å². The van der Waals surface area contributed by atoms with Crippen molar-refractivity contribution < 1.29 is 0 Å². The van der Waals surface area contributed by atoms with Crippen LogP contribution in [0.25, 0.3) is 0 Å². The van der Waals surface area contributed by atoms with Crippen molar-refractivity contribution in [2.24, 2.45) is 17.3 Å². The number of nitrogens with zero attached hydrogens (tertiary/aromatic N) is 1. The zero-order valence-electron chi connectivity index (χ0n) is 12.5. The molecule has 0 radical (unpaired) electrons. The minimum Gasteiger partial charge on any atom is -0.314 e. The van der Waals surface area contributed by atoms with Gasteiger partial charge in [-0.25, -0.2) is 0 Å². The van der Waals surface area contributed by atoms with Crippen LogP contribution in [0.1, 0.15) is 45.1 Å². The Bertz CT molecular complexity index is 474. The molecule has 20 heavy (non-hydrogen) atoms. The molecule has 2 bridgehead atoms. The molecule has 0 saturated heterocycles. The Balaban J connectivity index is 1.79. The third-order valence-corrected chi connectivity index (χ3v) is 5.72. The van der Waals surface area contributed by atoms with Crippen LogP contribution in [0.4, 0.5) is 0 Å². The van der Waals surface area contributed by atoms with Gasteiger partial charge in [0, 0.05) is 29.5 Å². The van der Waals surface area contributed by atoms with Crippen molar-refractivity contribution in [2.45, 2.75) is 52.0 Å². The topological polar surface area (TPSA) is 24.9 Å². The molecular weight excluding hydrogens is 312 g/mol. The van der Waals surface area contributed by atoms with Crippen molar-refractivity contribution in [3.8, 4) is 0 Å². The maximum Gasteiger partial charge on any atom is 0.0410 e. The molecule has 0 aromatic carbocycles. The second-order valence-electron chi connectivity index (χ2n) is 7.17. The van der Waals surface area contributed by atoms with E-state index in [-0.39, 0.29) is 0 Å². The predicted molar refractivity (Wildman–Crippen MR) is 86.7 cm³/mol. The Kier molecular flexibility index (Phi) is 4.19. The van der Waals surface area contributed by atoms with E-state index in [1.165, 1.54) is 44.2 Å². The van der Waals surface area contributed by atoms with E-state index in [0.717, 1.165) is 16.3 Å². The lowest BCUT2D eigenvalue weighted by atomic mass is 9.69. The molecule has 0 aliphatic heterocycles. The first-order valence-electron chi connectivity index (χ1n) is 7.90. The van der Waals surface area contributed by atoms with Crippen LogP contribution >= 0.6 is 15.9 Å². The third kappa shape index (κ3) is 2.94. The predicted octanol–water partition coefficient (Wildman–Crippen LogP) is 4.19. The van der Waals surface area contributed by atoms with Gasteiger partial charge in [0.1, 0.15) is 0 Å². The van der Waals surface area contributed by atoms with E-state index in [4.69, 9.17) is 0 Å². The summed E-state index contributed by atoms with van der Waals surface area (Å²) in [5, 5.41) is 3.72. The quantitative estimate of drug-likeness (QED) is 0.871. The lowest BCUT2D eigenvalue weighted by Gasteiger charge is -2.39. The van der Waals surface area contributed by atoms with Gasteiger partial charge in [-0.1, -0.05) is 20.3 Å². The van der Waals surface area contributed by atoms with Gasteiger partial charge in [-0.2, -0.15) is 0 Å². The highest BCUT2D eigenvalue weighted by Crippen LogP contribution is 2.57. The van der Waals surface area contributed by atoms with Gasteiger partial charge in [0.2, 0.25) is 0 Å². The molecule has 3 unspecified atom stereocenters.